The first kappa shape index (κ1) is 18.2. The SMILES string of the molecule is CC1CCCC(C)C12NC(=O)N(CC(=O)Nc1ccc(I)cc1)C2=O. The van der Waals surface area contributed by atoms with E-state index < -0.39 is 11.6 Å². The normalized spacial score (nSPS) is 29.0. The van der Waals surface area contributed by atoms with Crippen LogP contribution in [0.25, 0.3) is 0 Å². The summed E-state index contributed by atoms with van der Waals surface area (Å²) >= 11 is 2.18. The lowest BCUT2D eigenvalue weighted by molar-refractivity contribution is -0.138. The van der Waals surface area contributed by atoms with Crippen LogP contribution >= 0.6 is 22.6 Å². The Morgan fingerprint density at radius 3 is 2.44 bits per heavy atom. The lowest BCUT2D eigenvalue weighted by atomic mass is 9.67. The van der Waals surface area contributed by atoms with Crippen molar-refractivity contribution in [3.8, 4) is 0 Å². The number of carbonyl (C=O) groups excluding carboxylic acids is 3. The number of nitrogens with one attached hydrogen (secondary N) is 2. The van der Waals surface area contributed by atoms with Crippen molar-refractivity contribution in [3.05, 3.63) is 27.8 Å². The fourth-order valence-electron chi connectivity index (χ4n) is 3.97. The maximum atomic E-state index is 13.0. The molecule has 1 aliphatic carbocycles. The molecular weight excluding hydrogens is 433 g/mol. The number of imide groups is 1. The highest BCUT2D eigenvalue weighted by Crippen LogP contribution is 2.42. The van der Waals surface area contributed by atoms with Crippen LogP contribution in [0, 0.1) is 15.4 Å². The Morgan fingerprint density at radius 2 is 1.84 bits per heavy atom. The molecule has 1 spiro atoms. The fraction of sp³-hybridized carbons (Fsp3) is 0.500. The third-order valence-electron chi connectivity index (χ3n) is 5.42. The summed E-state index contributed by atoms with van der Waals surface area (Å²) in [6, 6.07) is 6.87. The maximum Gasteiger partial charge on any atom is 0.325 e. The van der Waals surface area contributed by atoms with E-state index in [1.165, 1.54) is 0 Å². The van der Waals surface area contributed by atoms with Crippen LogP contribution in [0.15, 0.2) is 24.3 Å². The Morgan fingerprint density at radius 1 is 1.24 bits per heavy atom. The summed E-state index contributed by atoms with van der Waals surface area (Å²) in [6.45, 7) is 3.74. The largest absolute Gasteiger partial charge is 0.325 e. The number of amides is 4. The summed E-state index contributed by atoms with van der Waals surface area (Å²) in [6.07, 6.45) is 2.86. The third-order valence-corrected chi connectivity index (χ3v) is 6.14. The van der Waals surface area contributed by atoms with Crippen molar-refractivity contribution in [2.75, 3.05) is 11.9 Å². The van der Waals surface area contributed by atoms with Crippen LogP contribution in [0.3, 0.4) is 0 Å². The second kappa shape index (κ2) is 6.93. The topological polar surface area (TPSA) is 78.5 Å². The molecule has 25 heavy (non-hydrogen) atoms. The molecule has 7 heteroatoms. The van der Waals surface area contributed by atoms with Gasteiger partial charge < -0.3 is 10.6 Å². The molecular formula is C18H22IN3O3. The Hall–Kier alpha value is -1.64. The molecule has 1 aromatic carbocycles. The van der Waals surface area contributed by atoms with Crippen molar-refractivity contribution in [2.45, 2.75) is 38.6 Å². The van der Waals surface area contributed by atoms with Crippen LogP contribution < -0.4 is 10.6 Å². The molecule has 2 N–H and O–H groups in total. The van der Waals surface area contributed by atoms with E-state index in [0.717, 1.165) is 27.7 Å². The van der Waals surface area contributed by atoms with Crippen LogP contribution in [-0.2, 0) is 9.59 Å². The standard InChI is InChI=1S/C18H22IN3O3/c1-11-4-3-5-12(2)18(11)16(24)22(17(25)21-18)10-15(23)20-14-8-6-13(19)7-9-14/h6-9,11-12H,3-5,10H2,1-2H3,(H,20,23)(H,21,25). The first-order valence-electron chi connectivity index (χ1n) is 8.54. The summed E-state index contributed by atoms with van der Waals surface area (Å²) in [5.74, 6) is -0.512. The van der Waals surface area contributed by atoms with E-state index in [1.54, 1.807) is 12.1 Å². The zero-order valence-corrected chi connectivity index (χ0v) is 16.5. The van der Waals surface area contributed by atoms with Gasteiger partial charge in [0, 0.05) is 9.26 Å². The van der Waals surface area contributed by atoms with Gasteiger partial charge in [0.15, 0.2) is 0 Å². The van der Waals surface area contributed by atoms with Crippen LogP contribution in [0.1, 0.15) is 33.1 Å². The molecule has 2 unspecified atom stereocenters. The highest BCUT2D eigenvalue weighted by atomic mass is 127. The summed E-state index contributed by atoms with van der Waals surface area (Å²) in [4.78, 5) is 38.8. The van der Waals surface area contributed by atoms with E-state index in [4.69, 9.17) is 0 Å². The lowest BCUT2D eigenvalue weighted by Crippen LogP contribution is -2.59. The molecule has 0 radical (unpaired) electrons. The highest BCUT2D eigenvalue weighted by molar-refractivity contribution is 14.1. The molecule has 2 atom stereocenters. The summed E-state index contributed by atoms with van der Waals surface area (Å²) in [5.41, 5.74) is -0.218. The van der Waals surface area contributed by atoms with E-state index >= 15 is 0 Å². The van der Waals surface area contributed by atoms with Gasteiger partial charge in [-0.25, -0.2) is 4.79 Å². The summed E-state index contributed by atoms with van der Waals surface area (Å²) < 4.78 is 1.06. The average molecular weight is 455 g/mol. The molecule has 2 aliphatic rings. The van der Waals surface area contributed by atoms with Crippen molar-refractivity contribution in [2.24, 2.45) is 11.8 Å². The minimum absolute atomic E-state index is 0.0666. The van der Waals surface area contributed by atoms with E-state index in [2.05, 4.69) is 33.2 Å². The Bertz CT molecular complexity index is 694. The minimum Gasteiger partial charge on any atom is -0.325 e. The quantitative estimate of drug-likeness (QED) is 0.544. The number of hydrogen-bond acceptors (Lipinski definition) is 3. The van der Waals surface area contributed by atoms with Gasteiger partial charge in [0.25, 0.3) is 5.91 Å². The molecule has 2 fully saturated rings. The van der Waals surface area contributed by atoms with Crippen LogP contribution in [0.2, 0.25) is 0 Å². The van der Waals surface area contributed by atoms with Gasteiger partial charge in [-0.3, -0.25) is 14.5 Å². The van der Waals surface area contributed by atoms with Crippen LogP contribution in [0.4, 0.5) is 10.5 Å². The summed E-state index contributed by atoms with van der Waals surface area (Å²) in [7, 11) is 0. The Balaban J connectivity index is 1.72. The second-order valence-electron chi connectivity index (χ2n) is 6.98. The number of rotatable bonds is 3. The van der Waals surface area contributed by atoms with E-state index in [9.17, 15) is 14.4 Å². The number of halogens is 1. The van der Waals surface area contributed by atoms with Gasteiger partial charge in [0.05, 0.1) is 0 Å². The first-order valence-corrected chi connectivity index (χ1v) is 9.62. The van der Waals surface area contributed by atoms with Gasteiger partial charge in [0.1, 0.15) is 12.1 Å². The number of carbonyl (C=O) groups is 3. The number of urea groups is 1. The number of nitrogens with zero attached hydrogens (tertiary/aromatic N) is 1. The zero-order chi connectivity index (χ0) is 18.2. The van der Waals surface area contributed by atoms with Gasteiger partial charge in [-0.2, -0.15) is 0 Å². The van der Waals surface area contributed by atoms with Crippen LogP contribution in [0.5, 0.6) is 0 Å². The summed E-state index contributed by atoms with van der Waals surface area (Å²) in [5, 5.41) is 5.64. The zero-order valence-electron chi connectivity index (χ0n) is 14.3. The molecule has 1 heterocycles. The molecule has 1 saturated carbocycles. The van der Waals surface area contributed by atoms with E-state index in [1.807, 2.05) is 26.0 Å². The highest BCUT2D eigenvalue weighted by Gasteiger charge is 2.58. The predicted octanol–water partition coefficient (Wildman–Crippen LogP) is 2.98. The lowest BCUT2D eigenvalue weighted by Gasteiger charge is -2.42. The third kappa shape index (κ3) is 3.26. The number of benzene rings is 1. The van der Waals surface area contributed by atoms with Gasteiger partial charge >= 0.3 is 6.03 Å². The number of hydrogen-bond donors (Lipinski definition) is 2. The van der Waals surface area contributed by atoms with E-state index in [-0.39, 0.29) is 30.2 Å². The molecule has 1 aliphatic heterocycles. The van der Waals surface area contributed by atoms with Gasteiger partial charge in [-0.1, -0.05) is 20.3 Å². The predicted molar refractivity (Wildman–Crippen MR) is 103 cm³/mol. The molecule has 1 aromatic rings. The molecule has 0 bridgehead atoms. The van der Waals surface area contributed by atoms with Gasteiger partial charge in [-0.15, -0.1) is 0 Å². The molecule has 6 nitrogen and oxygen atoms in total. The van der Waals surface area contributed by atoms with Gasteiger partial charge in [-0.05, 0) is 71.5 Å². The van der Waals surface area contributed by atoms with Crippen molar-refractivity contribution in [1.82, 2.24) is 10.2 Å². The molecule has 134 valence electrons. The monoisotopic (exact) mass is 455 g/mol. The van der Waals surface area contributed by atoms with E-state index in [0.29, 0.717) is 5.69 Å². The maximum absolute atomic E-state index is 13.0. The average Bonchev–Trinajstić information content (AvgIpc) is 2.81. The minimum atomic E-state index is -0.863. The second-order valence-corrected chi connectivity index (χ2v) is 8.22. The number of anilines is 1. The smallest absolute Gasteiger partial charge is 0.325 e. The van der Waals surface area contributed by atoms with Crippen molar-refractivity contribution < 1.29 is 14.4 Å². The van der Waals surface area contributed by atoms with Crippen molar-refractivity contribution >= 4 is 46.1 Å². The van der Waals surface area contributed by atoms with Gasteiger partial charge in [0.2, 0.25) is 5.91 Å². The van der Waals surface area contributed by atoms with Crippen LogP contribution in [-0.4, -0.2) is 34.8 Å². The fourth-order valence-corrected chi connectivity index (χ4v) is 4.33. The first-order chi connectivity index (χ1) is 11.8. The molecule has 3 rings (SSSR count). The Labute approximate surface area is 160 Å². The van der Waals surface area contributed by atoms with Crippen molar-refractivity contribution in [1.29, 1.82) is 0 Å². The Kier molecular flexibility index (Phi) is 5.04. The van der Waals surface area contributed by atoms with Crippen molar-refractivity contribution in [3.63, 3.8) is 0 Å². The molecule has 0 aromatic heterocycles. The molecule has 4 amide bonds. The molecule has 1 saturated heterocycles.